The van der Waals surface area contributed by atoms with Gasteiger partial charge in [0.05, 0.1) is 17.8 Å². The fraction of sp³-hybridized carbons (Fsp3) is 0.208. The lowest BCUT2D eigenvalue weighted by Crippen LogP contribution is -2.45. The van der Waals surface area contributed by atoms with E-state index in [2.05, 4.69) is 20.4 Å². The number of halogens is 2. The molecule has 2 heterocycles. The van der Waals surface area contributed by atoms with E-state index in [1.165, 1.54) is 18.2 Å². The van der Waals surface area contributed by atoms with Crippen molar-refractivity contribution in [3.8, 4) is 11.1 Å². The number of nitrogens with one attached hydrogen (secondary N) is 2. The van der Waals surface area contributed by atoms with Crippen molar-refractivity contribution in [1.29, 1.82) is 0 Å². The smallest absolute Gasteiger partial charge is 0.128 e. The molecule has 4 aromatic rings. The minimum absolute atomic E-state index is 0.254. The average molecular weight is 404 g/mol. The molecular formula is C24H22F2N4. The van der Waals surface area contributed by atoms with Gasteiger partial charge < -0.3 is 5.32 Å². The molecule has 0 radical (unpaired) electrons. The van der Waals surface area contributed by atoms with E-state index in [9.17, 15) is 4.39 Å². The van der Waals surface area contributed by atoms with Crippen molar-refractivity contribution in [2.75, 3.05) is 26.2 Å². The maximum atomic E-state index is 15.1. The predicted octanol–water partition coefficient (Wildman–Crippen LogP) is 4.50. The molecule has 1 aliphatic rings. The van der Waals surface area contributed by atoms with Crippen LogP contribution < -0.4 is 5.32 Å². The lowest BCUT2D eigenvalue weighted by Gasteiger charge is -2.36. The van der Waals surface area contributed by atoms with Gasteiger partial charge in [-0.3, -0.25) is 10.00 Å². The van der Waals surface area contributed by atoms with Gasteiger partial charge in [-0.2, -0.15) is 5.10 Å². The van der Waals surface area contributed by atoms with Gasteiger partial charge in [-0.1, -0.05) is 24.3 Å². The molecule has 1 saturated heterocycles. The van der Waals surface area contributed by atoms with Crippen molar-refractivity contribution in [3.05, 3.63) is 89.6 Å². The van der Waals surface area contributed by atoms with Crippen LogP contribution in [0.1, 0.15) is 17.2 Å². The van der Waals surface area contributed by atoms with Crippen LogP contribution in [0.5, 0.6) is 0 Å². The zero-order chi connectivity index (χ0) is 20.5. The van der Waals surface area contributed by atoms with Crippen molar-refractivity contribution in [2.45, 2.75) is 6.04 Å². The number of benzene rings is 3. The summed E-state index contributed by atoms with van der Waals surface area (Å²) in [7, 11) is 0. The van der Waals surface area contributed by atoms with E-state index in [1.807, 2.05) is 24.3 Å². The Kier molecular flexibility index (Phi) is 5.02. The van der Waals surface area contributed by atoms with E-state index in [0.717, 1.165) is 53.8 Å². The van der Waals surface area contributed by atoms with Crippen LogP contribution in [-0.4, -0.2) is 41.3 Å². The molecule has 30 heavy (non-hydrogen) atoms. The second-order valence-electron chi connectivity index (χ2n) is 7.65. The highest BCUT2D eigenvalue weighted by atomic mass is 19.1. The summed E-state index contributed by atoms with van der Waals surface area (Å²) in [6.45, 7) is 3.28. The van der Waals surface area contributed by atoms with Crippen LogP contribution in [0.25, 0.3) is 22.0 Å². The molecule has 0 saturated carbocycles. The molecule has 1 atom stereocenters. The maximum Gasteiger partial charge on any atom is 0.128 e. The van der Waals surface area contributed by atoms with E-state index in [1.54, 1.807) is 24.4 Å². The van der Waals surface area contributed by atoms with Crippen molar-refractivity contribution >= 4 is 10.9 Å². The fourth-order valence-electron chi connectivity index (χ4n) is 4.23. The molecule has 6 heteroatoms. The highest BCUT2D eigenvalue weighted by Crippen LogP contribution is 2.34. The molecule has 5 rings (SSSR count). The normalized spacial score (nSPS) is 16.1. The summed E-state index contributed by atoms with van der Waals surface area (Å²) in [5, 5.41) is 11.4. The first-order valence-electron chi connectivity index (χ1n) is 10.1. The van der Waals surface area contributed by atoms with E-state index in [4.69, 9.17) is 0 Å². The number of hydrogen-bond acceptors (Lipinski definition) is 3. The summed E-state index contributed by atoms with van der Waals surface area (Å²) in [6.07, 6.45) is 1.78. The first kappa shape index (κ1) is 18.9. The van der Waals surface area contributed by atoms with Gasteiger partial charge in [-0.25, -0.2) is 8.78 Å². The Bertz CT molecular complexity index is 1160. The lowest BCUT2D eigenvalue weighted by molar-refractivity contribution is 0.195. The highest BCUT2D eigenvalue weighted by Gasteiger charge is 2.26. The molecule has 1 unspecified atom stereocenters. The monoisotopic (exact) mass is 404 g/mol. The number of aromatic nitrogens is 2. The number of aromatic amines is 1. The molecule has 3 aromatic carbocycles. The number of H-pyrrole nitrogens is 1. The van der Waals surface area contributed by atoms with Crippen LogP contribution in [0.15, 0.2) is 66.9 Å². The van der Waals surface area contributed by atoms with Gasteiger partial charge >= 0.3 is 0 Å². The van der Waals surface area contributed by atoms with E-state index >= 15 is 4.39 Å². The SMILES string of the molecule is Fc1ccc(C(c2cc(-c3ccc4[nH]ncc4c3)ccc2F)N2CCNCC2)cc1. The van der Waals surface area contributed by atoms with Crippen molar-refractivity contribution in [2.24, 2.45) is 0 Å². The molecule has 2 N–H and O–H groups in total. The third kappa shape index (κ3) is 3.60. The quantitative estimate of drug-likeness (QED) is 0.526. The number of nitrogens with zero attached hydrogens (tertiary/aromatic N) is 2. The van der Waals surface area contributed by atoms with Gasteiger partial charge in [-0.15, -0.1) is 0 Å². The van der Waals surface area contributed by atoms with Crippen LogP contribution in [-0.2, 0) is 0 Å². The van der Waals surface area contributed by atoms with Gasteiger partial charge in [0, 0.05) is 37.1 Å². The minimum atomic E-state index is -0.291. The Morgan fingerprint density at radius 3 is 2.40 bits per heavy atom. The Morgan fingerprint density at radius 2 is 1.60 bits per heavy atom. The van der Waals surface area contributed by atoms with Gasteiger partial charge in [0.15, 0.2) is 0 Å². The molecule has 1 aliphatic heterocycles. The number of fused-ring (bicyclic) bond motifs is 1. The zero-order valence-corrected chi connectivity index (χ0v) is 16.4. The molecule has 1 aromatic heterocycles. The number of rotatable bonds is 4. The summed E-state index contributed by atoms with van der Waals surface area (Å²) >= 11 is 0. The summed E-state index contributed by atoms with van der Waals surface area (Å²) in [5.74, 6) is -0.545. The van der Waals surface area contributed by atoms with Crippen LogP contribution in [0, 0.1) is 11.6 Å². The van der Waals surface area contributed by atoms with Crippen LogP contribution in [0.4, 0.5) is 8.78 Å². The Balaban J connectivity index is 1.60. The molecule has 4 nitrogen and oxygen atoms in total. The number of piperazine rings is 1. The van der Waals surface area contributed by atoms with Crippen LogP contribution >= 0.6 is 0 Å². The Labute approximate surface area is 173 Å². The maximum absolute atomic E-state index is 15.1. The third-order valence-corrected chi connectivity index (χ3v) is 5.77. The standard InChI is InChI=1S/C24H22F2N4/c25-20-5-1-16(2-6-20)24(30-11-9-27-10-12-30)21-14-18(3-7-22(21)26)17-4-8-23-19(13-17)15-28-29-23/h1-8,13-15,24,27H,9-12H2,(H,28,29). The van der Waals surface area contributed by atoms with Gasteiger partial charge in [-0.05, 0) is 53.1 Å². The summed E-state index contributed by atoms with van der Waals surface area (Å²) < 4.78 is 28.7. The molecule has 0 amide bonds. The molecule has 1 fully saturated rings. The average Bonchev–Trinajstić information content (AvgIpc) is 3.25. The summed E-state index contributed by atoms with van der Waals surface area (Å²) in [6, 6.07) is 17.4. The van der Waals surface area contributed by atoms with Gasteiger partial charge in [0.1, 0.15) is 11.6 Å². The Hall–Kier alpha value is -3.09. The van der Waals surface area contributed by atoms with E-state index in [-0.39, 0.29) is 17.7 Å². The van der Waals surface area contributed by atoms with Crippen molar-refractivity contribution in [3.63, 3.8) is 0 Å². The topological polar surface area (TPSA) is 44.0 Å². The highest BCUT2D eigenvalue weighted by molar-refractivity contribution is 5.84. The molecule has 0 aliphatic carbocycles. The van der Waals surface area contributed by atoms with E-state index in [0.29, 0.717) is 5.56 Å². The van der Waals surface area contributed by atoms with Crippen LogP contribution in [0.2, 0.25) is 0 Å². The summed E-state index contributed by atoms with van der Waals surface area (Å²) in [4.78, 5) is 2.26. The third-order valence-electron chi connectivity index (χ3n) is 5.77. The second-order valence-corrected chi connectivity index (χ2v) is 7.65. The van der Waals surface area contributed by atoms with E-state index < -0.39 is 0 Å². The molecular weight excluding hydrogens is 382 g/mol. The van der Waals surface area contributed by atoms with Crippen molar-refractivity contribution < 1.29 is 8.78 Å². The van der Waals surface area contributed by atoms with Crippen LogP contribution in [0.3, 0.4) is 0 Å². The number of hydrogen-bond donors (Lipinski definition) is 2. The molecule has 152 valence electrons. The summed E-state index contributed by atoms with van der Waals surface area (Å²) in [5.41, 5.74) is 4.40. The lowest BCUT2D eigenvalue weighted by atomic mass is 9.92. The molecule has 0 bridgehead atoms. The fourth-order valence-corrected chi connectivity index (χ4v) is 4.23. The van der Waals surface area contributed by atoms with Crippen molar-refractivity contribution in [1.82, 2.24) is 20.4 Å². The largest absolute Gasteiger partial charge is 0.314 e. The second kappa shape index (κ2) is 7.97. The first-order chi connectivity index (χ1) is 14.7. The zero-order valence-electron chi connectivity index (χ0n) is 16.4. The van der Waals surface area contributed by atoms with Gasteiger partial charge in [0.2, 0.25) is 0 Å². The first-order valence-corrected chi connectivity index (χ1v) is 10.1. The molecule has 0 spiro atoms. The minimum Gasteiger partial charge on any atom is -0.314 e. The predicted molar refractivity (Wildman–Crippen MR) is 114 cm³/mol. The van der Waals surface area contributed by atoms with Gasteiger partial charge in [0.25, 0.3) is 0 Å². The Morgan fingerprint density at radius 1 is 0.867 bits per heavy atom.